The fourth-order valence-electron chi connectivity index (χ4n) is 0.569. The first-order valence-electron chi connectivity index (χ1n) is 3.69. The van der Waals surface area contributed by atoms with E-state index in [1.165, 1.54) is 0 Å². The first-order chi connectivity index (χ1) is 5.07. The third-order valence-corrected chi connectivity index (χ3v) is 1.29. The summed E-state index contributed by atoms with van der Waals surface area (Å²) in [6, 6.07) is 0. The zero-order valence-corrected chi connectivity index (χ0v) is 7.46. The second-order valence-corrected chi connectivity index (χ2v) is 2.81. The van der Waals surface area contributed by atoms with E-state index in [4.69, 9.17) is 5.73 Å². The number of nitrogens with zero attached hydrogens (tertiary/aromatic N) is 1. The largest absolute Gasteiger partial charge is 0.404 e. The Hall–Kier alpha value is -1.05. The summed E-state index contributed by atoms with van der Waals surface area (Å²) in [7, 11) is 0. The lowest BCUT2D eigenvalue weighted by Gasteiger charge is -2.02. The van der Waals surface area contributed by atoms with Gasteiger partial charge in [-0.25, -0.2) is 0 Å². The highest BCUT2D eigenvalue weighted by atomic mass is 14.7. The molecule has 0 amide bonds. The van der Waals surface area contributed by atoms with Gasteiger partial charge in [0.15, 0.2) is 0 Å². The fourth-order valence-corrected chi connectivity index (χ4v) is 0.569. The molecule has 0 aromatic carbocycles. The normalized spacial score (nSPS) is 12.9. The molecule has 0 saturated heterocycles. The first kappa shape index (κ1) is 9.95. The molecule has 2 N–H and O–H groups in total. The lowest BCUT2D eigenvalue weighted by atomic mass is 10.1. The summed E-state index contributed by atoms with van der Waals surface area (Å²) < 4.78 is 0. The average molecular weight is 152 g/mol. The molecule has 0 saturated carbocycles. The minimum Gasteiger partial charge on any atom is -0.404 e. The molecule has 0 spiro atoms. The average Bonchev–Trinajstić information content (AvgIpc) is 1.87. The molecule has 0 atom stereocenters. The fraction of sp³-hybridized carbons (Fsp3) is 0.444. The van der Waals surface area contributed by atoms with Gasteiger partial charge in [0, 0.05) is 11.9 Å². The van der Waals surface area contributed by atoms with E-state index in [1.54, 1.807) is 12.4 Å². The molecule has 0 heterocycles. The summed E-state index contributed by atoms with van der Waals surface area (Å²) in [6.07, 6.45) is 3.34. The molecule has 0 fully saturated rings. The summed E-state index contributed by atoms with van der Waals surface area (Å²) in [5, 5.41) is 0. The molecule has 0 bridgehead atoms. The molecule has 0 aliphatic heterocycles. The molecule has 0 radical (unpaired) electrons. The van der Waals surface area contributed by atoms with Gasteiger partial charge in [-0.3, -0.25) is 4.99 Å². The predicted octanol–water partition coefficient (Wildman–Crippen LogP) is 2.09. The Bertz CT molecular complexity index is 188. The zero-order chi connectivity index (χ0) is 8.85. The maximum Gasteiger partial charge on any atom is 0.0319 e. The van der Waals surface area contributed by atoms with Gasteiger partial charge in [-0.05, 0) is 24.6 Å². The van der Waals surface area contributed by atoms with Gasteiger partial charge in [0.2, 0.25) is 0 Å². The molecule has 0 aromatic heterocycles. The molecule has 0 aliphatic carbocycles. The van der Waals surface area contributed by atoms with Crippen LogP contribution in [0.25, 0.3) is 0 Å². The number of rotatable bonds is 3. The second-order valence-electron chi connectivity index (χ2n) is 2.81. The van der Waals surface area contributed by atoms with E-state index in [2.05, 4.69) is 25.4 Å². The molecule has 2 heteroatoms. The monoisotopic (exact) mass is 152 g/mol. The third-order valence-electron chi connectivity index (χ3n) is 1.29. The van der Waals surface area contributed by atoms with Gasteiger partial charge in [-0.1, -0.05) is 20.4 Å². The van der Waals surface area contributed by atoms with Crippen molar-refractivity contribution in [3.05, 3.63) is 24.0 Å². The third kappa shape index (κ3) is 4.37. The Morgan fingerprint density at radius 3 is 2.36 bits per heavy atom. The van der Waals surface area contributed by atoms with Crippen molar-refractivity contribution in [1.29, 1.82) is 0 Å². The maximum absolute atomic E-state index is 5.38. The highest BCUT2D eigenvalue weighted by Crippen LogP contribution is 2.05. The number of allylic oxidation sites excluding steroid dienone is 2. The highest BCUT2D eigenvalue weighted by molar-refractivity contribution is 5.79. The lowest BCUT2D eigenvalue weighted by Crippen LogP contribution is -1.98. The van der Waals surface area contributed by atoms with Gasteiger partial charge in [-0.15, -0.1) is 0 Å². The van der Waals surface area contributed by atoms with Crippen LogP contribution in [0.3, 0.4) is 0 Å². The van der Waals surface area contributed by atoms with Gasteiger partial charge in [0.05, 0.1) is 0 Å². The van der Waals surface area contributed by atoms with Crippen LogP contribution in [0.1, 0.15) is 20.8 Å². The molecular weight excluding hydrogens is 136 g/mol. The summed E-state index contributed by atoms with van der Waals surface area (Å²) >= 11 is 0. The Labute approximate surface area is 68.5 Å². The summed E-state index contributed by atoms with van der Waals surface area (Å²) in [5.41, 5.74) is 7.21. The molecule has 0 aliphatic rings. The van der Waals surface area contributed by atoms with Crippen molar-refractivity contribution >= 4 is 6.21 Å². The second kappa shape index (κ2) is 4.72. The summed E-state index contributed by atoms with van der Waals surface area (Å²) in [6.45, 7) is 9.65. The molecular formula is C9H16N2. The van der Waals surface area contributed by atoms with Crippen molar-refractivity contribution in [2.24, 2.45) is 16.6 Å². The topological polar surface area (TPSA) is 38.4 Å². The van der Waals surface area contributed by atoms with Crippen molar-refractivity contribution in [3.8, 4) is 0 Å². The standard InChI is InChI=1S/C9H16N2/c1-7(2)9(5-10)6-11-8(3)4/h5-7H,3,10H2,1-2,4H3/b9-5+,11-6?. The first-order valence-corrected chi connectivity index (χ1v) is 3.69. The van der Waals surface area contributed by atoms with E-state index in [0.29, 0.717) is 5.92 Å². The van der Waals surface area contributed by atoms with Crippen LogP contribution >= 0.6 is 0 Å². The van der Waals surface area contributed by atoms with Gasteiger partial charge in [0.25, 0.3) is 0 Å². The van der Waals surface area contributed by atoms with Crippen LogP contribution in [0.2, 0.25) is 0 Å². The predicted molar refractivity (Wildman–Crippen MR) is 50.4 cm³/mol. The van der Waals surface area contributed by atoms with Crippen LogP contribution in [0.5, 0.6) is 0 Å². The van der Waals surface area contributed by atoms with Crippen LogP contribution in [0.15, 0.2) is 29.0 Å². The minimum atomic E-state index is 0.420. The molecule has 62 valence electrons. The smallest absolute Gasteiger partial charge is 0.0319 e. The van der Waals surface area contributed by atoms with E-state index >= 15 is 0 Å². The maximum atomic E-state index is 5.38. The molecule has 0 unspecified atom stereocenters. The van der Waals surface area contributed by atoms with Crippen LogP contribution < -0.4 is 5.73 Å². The van der Waals surface area contributed by atoms with Gasteiger partial charge < -0.3 is 5.73 Å². The van der Waals surface area contributed by atoms with Gasteiger partial charge in [-0.2, -0.15) is 0 Å². The highest BCUT2D eigenvalue weighted by Gasteiger charge is 1.97. The summed E-state index contributed by atoms with van der Waals surface area (Å²) in [4.78, 5) is 4.05. The van der Waals surface area contributed by atoms with E-state index in [1.807, 2.05) is 6.92 Å². The Morgan fingerprint density at radius 1 is 1.55 bits per heavy atom. The number of hydrogen-bond acceptors (Lipinski definition) is 2. The van der Waals surface area contributed by atoms with Gasteiger partial charge in [0.1, 0.15) is 0 Å². The minimum absolute atomic E-state index is 0.420. The van der Waals surface area contributed by atoms with E-state index in [0.717, 1.165) is 11.3 Å². The van der Waals surface area contributed by atoms with Crippen molar-refractivity contribution in [3.63, 3.8) is 0 Å². The molecule has 0 rings (SSSR count). The Balaban J connectivity index is 4.22. The number of aliphatic imine (C=N–C) groups is 1. The van der Waals surface area contributed by atoms with Crippen LogP contribution in [0, 0.1) is 5.92 Å². The Kier molecular flexibility index (Phi) is 4.27. The molecule has 11 heavy (non-hydrogen) atoms. The SMILES string of the molecule is C=C(C)N=C/C(=C\N)C(C)C. The Morgan fingerprint density at radius 2 is 2.09 bits per heavy atom. The summed E-state index contributed by atoms with van der Waals surface area (Å²) in [5.74, 6) is 0.420. The zero-order valence-electron chi connectivity index (χ0n) is 7.46. The van der Waals surface area contributed by atoms with Crippen LogP contribution in [0.4, 0.5) is 0 Å². The van der Waals surface area contributed by atoms with Gasteiger partial charge >= 0.3 is 0 Å². The van der Waals surface area contributed by atoms with Crippen molar-refractivity contribution < 1.29 is 0 Å². The number of nitrogens with two attached hydrogens (primary N) is 1. The lowest BCUT2D eigenvalue weighted by molar-refractivity contribution is 0.803. The van der Waals surface area contributed by atoms with Crippen molar-refractivity contribution in [2.75, 3.05) is 0 Å². The van der Waals surface area contributed by atoms with Crippen molar-refractivity contribution in [1.82, 2.24) is 0 Å². The van der Waals surface area contributed by atoms with E-state index in [-0.39, 0.29) is 0 Å². The number of hydrogen-bond donors (Lipinski definition) is 1. The van der Waals surface area contributed by atoms with E-state index in [9.17, 15) is 0 Å². The quantitative estimate of drug-likeness (QED) is 0.618. The van der Waals surface area contributed by atoms with Crippen molar-refractivity contribution in [2.45, 2.75) is 20.8 Å². The van der Waals surface area contributed by atoms with Crippen LogP contribution in [-0.4, -0.2) is 6.21 Å². The van der Waals surface area contributed by atoms with E-state index < -0.39 is 0 Å². The van der Waals surface area contributed by atoms with Crippen LogP contribution in [-0.2, 0) is 0 Å². The molecule has 0 aromatic rings. The molecule has 2 nitrogen and oxygen atoms in total.